The van der Waals surface area contributed by atoms with Gasteiger partial charge in [0, 0.05) is 6.42 Å². The highest BCUT2D eigenvalue weighted by Gasteiger charge is 2.39. The summed E-state index contributed by atoms with van der Waals surface area (Å²) in [5.74, 6) is 0. The molecule has 0 aromatic rings. The molecule has 4 nitrogen and oxygen atoms in total. The van der Waals surface area contributed by atoms with Gasteiger partial charge in [-0.25, -0.2) is 0 Å². The Morgan fingerprint density at radius 3 is 2.35 bits per heavy atom. The normalized spacial score (nSPS) is 31.6. The summed E-state index contributed by atoms with van der Waals surface area (Å²) in [7, 11) is -1.81. The van der Waals surface area contributed by atoms with Crippen molar-refractivity contribution >= 4 is 8.32 Å². The molecule has 0 saturated carbocycles. The van der Waals surface area contributed by atoms with Crippen LogP contribution < -0.4 is 0 Å². The monoisotopic (exact) mass is 262 g/mol. The van der Waals surface area contributed by atoms with Crippen molar-refractivity contribution in [2.24, 2.45) is 0 Å². The topological polar surface area (TPSA) is 58.9 Å². The third kappa shape index (κ3) is 4.03. The molecule has 17 heavy (non-hydrogen) atoms. The maximum atomic E-state index is 9.79. The molecule has 1 saturated heterocycles. The smallest absolute Gasteiger partial charge is 0.192 e. The molecule has 0 aromatic heterocycles. The first-order valence-corrected chi connectivity index (χ1v) is 9.20. The minimum Gasteiger partial charge on any atom is -0.414 e. The second-order valence-electron chi connectivity index (χ2n) is 6.35. The van der Waals surface area contributed by atoms with Gasteiger partial charge in [-0.05, 0) is 24.6 Å². The van der Waals surface area contributed by atoms with Crippen LogP contribution in [-0.2, 0) is 9.16 Å². The molecule has 5 heteroatoms. The standard InChI is InChI=1S/C12H26O4Si/c1-12(2,3)17(4,5)15-8-10-9(13)6-7-11(14)16-10/h9-11,13-14H,6-8H2,1-5H3/t9-,10-,11+/m1/s1. The lowest BCUT2D eigenvalue weighted by Gasteiger charge is -2.39. The Hall–Kier alpha value is 0.0569. The van der Waals surface area contributed by atoms with Crippen molar-refractivity contribution < 1.29 is 19.4 Å². The van der Waals surface area contributed by atoms with E-state index in [4.69, 9.17) is 9.16 Å². The number of aliphatic hydroxyl groups excluding tert-OH is 2. The minimum atomic E-state index is -1.81. The van der Waals surface area contributed by atoms with Crippen molar-refractivity contribution in [3.63, 3.8) is 0 Å². The fourth-order valence-corrected chi connectivity index (χ4v) is 2.53. The molecule has 0 radical (unpaired) electrons. The van der Waals surface area contributed by atoms with E-state index >= 15 is 0 Å². The molecule has 1 aliphatic heterocycles. The first-order valence-electron chi connectivity index (χ1n) is 6.29. The van der Waals surface area contributed by atoms with Gasteiger partial charge in [0.2, 0.25) is 0 Å². The molecule has 1 aliphatic rings. The lowest BCUT2D eigenvalue weighted by atomic mass is 10.1. The number of rotatable bonds is 3. The van der Waals surface area contributed by atoms with Crippen LogP contribution >= 0.6 is 0 Å². The second kappa shape index (κ2) is 5.36. The number of aliphatic hydroxyl groups is 2. The van der Waals surface area contributed by atoms with Crippen LogP contribution in [-0.4, -0.2) is 43.6 Å². The van der Waals surface area contributed by atoms with Gasteiger partial charge in [-0.1, -0.05) is 20.8 Å². The van der Waals surface area contributed by atoms with Gasteiger partial charge in [-0.3, -0.25) is 0 Å². The molecule has 102 valence electrons. The van der Waals surface area contributed by atoms with Crippen LogP contribution in [0.25, 0.3) is 0 Å². The molecule has 0 aliphatic carbocycles. The van der Waals surface area contributed by atoms with Crippen LogP contribution in [0.5, 0.6) is 0 Å². The quantitative estimate of drug-likeness (QED) is 0.762. The van der Waals surface area contributed by atoms with Gasteiger partial charge >= 0.3 is 0 Å². The maximum Gasteiger partial charge on any atom is 0.192 e. The Morgan fingerprint density at radius 2 is 1.82 bits per heavy atom. The van der Waals surface area contributed by atoms with Crippen LogP contribution in [0.4, 0.5) is 0 Å². The van der Waals surface area contributed by atoms with Crippen molar-refractivity contribution in [1.82, 2.24) is 0 Å². The van der Waals surface area contributed by atoms with Crippen LogP contribution in [0.1, 0.15) is 33.6 Å². The van der Waals surface area contributed by atoms with Gasteiger partial charge < -0.3 is 19.4 Å². The predicted octanol–water partition coefficient (Wildman–Crippen LogP) is 1.87. The van der Waals surface area contributed by atoms with Crippen molar-refractivity contribution in [2.45, 2.75) is 70.2 Å². The maximum absolute atomic E-state index is 9.79. The molecular weight excluding hydrogens is 236 g/mol. The molecular formula is C12H26O4Si. The summed E-state index contributed by atoms with van der Waals surface area (Å²) in [5.41, 5.74) is 0. The zero-order valence-corrected chi connectivity index (χ0v) is 12.6. The summed E-state index contributed by atoms with van der Waals surface area (Å²) in [6, 6.07) is 0. The predicted molar refractivity (Wildman–Crippen MR) is 69.3 cm³/mol. The minimum absolute atomic E-state index is 0.144. The molecule has 0 amide bonds. The van der Waals surface area contributed by atoms with E-state index in [2.05, 4.69) is 33.9 Å². The van der Waals surface area contributed by atoms with E-state index < -0.39 is 26.8 Å². The van der Waals surface area contributed by atoms with Crippen LogP contribution in [0.2, 0.25) is 18.1 Å². The third-order valence-corrected chi connectivity index (χ3v) is 8.39. The Morgan fingerprint density at radius 1 is 1.24 bits per heavy atom. The molecule has 3 atom stereocenters. The van der Waals surface area contributed by atoms with Gasteiger partial charge in [-0.15, -0.1) is 0 Å². The highest BCUT2D eigenvalue weighted by atomic mass is 28.4. The van der Waals surface area contributed by atoms with Crippen LogP contribution in [0.15, 0.2) is 0 Å². The lowest BCUT2D eigenvalue weighted by molar-refractivity contribution is -0.206. The second-order valence-corrected chi connectivity index (χ2v) is 11.2. The van der Waals surface area contributed by atoms with Crippen molar-refractivity contribution in [3.05, 3.63) is 0 Å². The number of ether oxygens (including phenoxy) is 1. The number of hydrogen-bond acceptors (Lipinski definition) is 4. The fraction of sp³-hybridized carbons (Fsp3) is 1.00. The Kier molecular flexibility index (Phi) is 4.77. The van der Waals surface area contributed by atoms with E-state index in [1.165, 1.54) is 0 Å². The number of hydrogen-bond donors (Lipinski definition) is 2. The van der Waals surface area contributed by atoms with Crippen LogP contribution in [0, 0.1) is 0 Å². The highest BCUT2D eigenvalue weighted by molar-refractivity contribution is 6.74. The fourth-order valence-electron chi connectivity index (χ4n) is 1.52. The summed E-state index contributed by atoms with van der Waals surface area (Å²) >= 11 is 0. The van der Waals surface area contributed by atoms with E-state index in [9.17, 15) is 10.2 Å². The molecule has 0 bridgehead atoms. The summed E-state index contributed by atoms with van der Waals surface area (Å²) in [6.45, 7) is 11.2. The molecule has 0 spiro atoms. The Bertz CT molecular complexity index is 249. The third-order valence-electron chi connectivity index (χ3n) is 3.89. The van der Waals surface area contributed by atoms with E-state index in [1.807, 2.05) is 0 Å². The lowest BCUT2D eigenvalue weighted by Crippen LogP contribution is -2.47. The molecule has 1 rings (SSSR count). The van der Waals surface area contributed by atoms with E-state index in [0.29, 0.717) is 19.4 Å². The van der Waals surface area contributed by atoms with Gasteiger partial charge in [0.1, 0.15) is 6.10 Å². The van der Waals surface area contributed by atoms with Crippen LogP contribution in [0.3, 0.4) is 0 Å². The summed E-state index contributed by atoms with van der Waals surface area (Å²) in [4.78, 5) is 0. The van der Waals surface area contributed by atoms with E-state index in [-0.39, 0.29) is 5.04 Å². The molecule has 0 unspecified atom stereocenters. The van der Waals surface area contributed by atoms with Crippen molar-refractivity contribution in [3.8, 4) is 0 Å². The summed E-state index contributed by atoms with van der Waals surface area (Å²) in [6.07, 6.45) is -0.604. The largest absolute Gasteiger partial charge is 0.414 e. The van der Waals surface area contributed by atoms with Gasteiger partial charge in [0.05, 0.1) is 12.7 Å². The first-order chi connectivity index (χ1) is 7.63. The molecule has 2 N–H and O–H groups in total. The molecule has 0 aromatic carbocycles. The molecule has 1 heterocycles. The Balaban J connectivity index is 2.49. The average Bonchev–Trinajstić information content (AvgIpc) is 2.18. The van der Waals surface area contributed by atoms with Gasteiger partial charge in [0.15, 0.2) is 14.6 Å². The summed E-state index contributed by atoms with van der Waals surface area (Å²) < 4.78 is 11.3. The highest BCUT2D eigenvalue weighted by Crippen LogP contribution is 2.37. The van der Waals surface area contributed by atoms with Crippen molar-refractivity contribution in [1.29, 1.82) is 0 Å². The Labute approximate surface area is 105 Å². The first kappa shape index (κ1) is 15.1. The van der Waals surface area contributed by atoms with E-state index in [0.717, 1.165) is 0 Å². The zero-order valence-electron chi connectivity index (χ0n) is 11.6. The average molecular weight is 262 g/mol. The van der Waals surface area contributed by atoms with Gasteiger partial charge in [-0.2, -0.15) is 0 Å². The van der Waals surface area contributed by atoms with Crippen molar-refractivity contribution in [2.75, 3.05) is 6.61 Å². The van der Waals surface area contributed by atoms with Gasteiger partial charge in [0.25, 0.3) is 0 Å². The van der Waals surface area contributed by atoms with E-state index in [1.54, 1.807) is 0 Å². The summed E-state index contributed by atoms with van der Waals surface area (Å²) in [5, 5.41) is 19.3. The SMILES string of the molecule is CC(C)(C)[Si](C)(C)OC[C@H]1O[C@H](O)CC[C@H]1O. The zero-order chi connectivity index (χ0) is 13.3. The molecule has 1 fully saturated rings.